The number of hydrogen-bond donors (Lipinski definition) is 1. The number of nitrogens with zero attached hydrogens (tertiary/aromatic N) is 2. The molecule has 1 aromatic heterocycles. The Morgan fingerprint density at radius 3 is 2.50 bits per heavy atom. The van der Waals surface area contributed by atoms with Gasteiger partial charge in [0.1, 0.15) is 0 Å². The monoisotopic (exact) mass is 293 g/mol. The summed E-state index contributed by atoms with van der Waals surface area (Å²) in [6.07, 6.45) is 0. The highest BCUT2D eigenvalue weighted by atomic mass is 32.2. The van der Waals surface area contributed by atoms with E-state index in [-0.39, 0.29) is 6.54 Å². The molecule has 6 heteroatoms. The minimum absolute atomic E-state index is 0.198. The quantitative estimate of drug-likeness (QED) is 0.885. The van der Waals surface area contributed by atoms with Crippen molar-refractivity contribution in [2.24, 2.45) is 0 Å². The zero-order valence-corrected chi connectivity index (χ0v) is 12.5. The average Bonchev–Trinajstić information content (AvgIpc) is 2.46. The largest absolute Gasteiger partial charge is 0.279 e. The van der Waals surface area contributed by atoms with Gasteiger partial charge in [0.25, 0.3) is 10.2 Å². The van der Waals surface area contributed by atoms with Gasteiger partial charge in [-0.1, -0.05) is 38.1 Å². The standard InChI is InChI=1S/C14H19N3O2S/c1-3-17(4-2)20(18,19)15-11-13-10-9-12-7-5-6-8-14(12)16-13/h5-10,15H,3-4,11H2,1-2H3. The zero-order chi connectivity index (χ0) is 14.6. The SMILES string of the molecule is CCN(CC)S(=O)(=O)NCc1ccc2ccccc2n1. The van der Waals surface area contributed by atoms with Crippen molar-refractivity contribution >= 4 is 21.1 Å². The molecule has 0 aliphatic carbocycles. The van der Waals surface area contributed by atoms with E-state index in [1.807, 2.05) is 50.2 Å². The molecular formula is C14H19N3O2S. The van der Waals surface area contributed by atoms with E-state index in [0.29, 0.717) is 18.8 Å². The van der Waals surface area contributed by atoms with Gasteiger partial charge in [0.2, 0.25) is 0 Å². The van der Waals surface area contributed by atoms with Gasteiger partial charge >= 0.3 is 0 Å². The van der Waals surface area contributed by atoms with Crippen LogP contribution in [0.25, 0.3) is 10.9 Å². The lowest BCUT2D eigenvalue weighted by Gasteiger charge is -2.18. The fourth-order valence-corrected chi connectivity index (χ4v) is 3.22. The van der Waals surface area contributed by atoms with Gasteiger partial charge < -0.3 is 0 Å². The highest BCUT2D eigenvalue weighted by Crippen LogP contribution is 2.12. The third-order valence-corrected chi connectivity index (χ3v) is 4.84. The van der Waals surface area contributed by atoms with E-state index in [0.717, 1.165) is 10.9 Å². The van der Waals surface area contributed by atoms with Gasteiger partial charge in [-0.3, -0.25) is 4.98 Å². The molecule has 2 rings (SSSR count). The summed E-state index contributed by atoms with van der Waals surface area (Å²) >= 11 is 0. The molecule has 0 aliphatic heterocycles. The van der Waals surface area contributed by atoms with Crippen LogP contribution < -0.4 is 4.72 Å². The Balaban J connectivity index is 2.13. The lowest BCUT2D eigenvalue weighted by Crippen LogP contribution is -2.40. The molecular weight excluding hydrogens is 274 g/mol. The first kappa shape index (κ1) is 14.9. The first-order valence-electron chi connectivity index (χ1n) is 6.66. The molecule has 0 saturated heterocycles. The van der Waals surface area contributed by atoms with Crippen molar-refractivity contribution in [3.05, 3.63) is 42.1 Å². The Hall–Kier alpha value is -1.50. The van der Waals surface area contributed by atoms with Gasteiger partial charge in [0, 0.05) is 18.5 Å². The molecule has 1 N–H and O–H groups in total. The Kier molecular flexibility index (Phi) is 4.69. The summed E-state index contributed by atoms with van der Waals surface area (Å²) in [5, 5.41) is 1.04. The minimum Gasteiger partial charge on any atom is -0.251 e. The van der Waals surface area contributed by atoms with Crippen LogP contribution in [0, 0.1) is 0 Å². The number of hydrogen-bond acceptors (Lipinski definition) is 3. The van der Waals surface area contributed by atoms with E-state index in [1.165, 1.54) is 4.31 Å². The summed E-state index contributed by atoms with van der Waals surface area (Å²) in [4.78, 5) is 4.44. The number of rotatable bonds is 6. The van der Waals surface area contributed by atoms with Crippen LogP contribution in [0.4, 0.5) is 0 Å². The first-order valence-corrected chi connectivity index (χ1v) is 8.10. The molecule has 0 bridgehead atoms. The third-order valence-electron chi connectivity index (χ3n) is 3.14. The van der Waals surface area contributed by atoms with Crippen molar-refractivity contribution in [2.75, 3.05) is 13.1 Å². The van der Waals surface area contributed by atoms with Crippen LogP contribution in [0.3, 0.4) is 0 Å². The maximum Gasteiger partial charge on any atom is 0.279 e. The fraction of sp³-hybridized carbons (Fsp3) is 0.357. The van der Waals surface area contributed by atoms with Crippen molar-refractivity contribution < 1.29 is 8.42 Å². The molecule has 0 unspecified atom stereocenters. The minimum atomic E-state index is -3.43. The smallest absolute Gasteiger partial charge is 0.251 e. The molecule has 0 amide bonds. The van der Waals surface area contributed by atoms with Crippen molar-refractivity contribution in [2.45, 2.75) is 20.4 Å². The predicted octanol–water partition coefficient (Wildman–Crippen LogP) is 1.91. The summed E-state index contributed by atoms with van der Waals surface area (Å²) in [5.74, 6) is 0. The molecule has 0 spiro atoms. The van der Waals surface area contributed by atoms with Crippen LogP contribution in [0.1, 0.15) is 19.5 Å². The Morgan fingerprint density at radius 2 is 1.80 bits per heavy atom. The zero-order valence-electron chi connectivity index (χ0n) is 11.7. The summed E-state index contributed by atoms with van der Waals surface area (Å²) in [7, 11) is -3.43. The molecule has 0 aliphatic rings. The lowest BCUT2D eigenvalue weighted by atomic mass is 10.2. The molecule has 20 heavy (non-hydrogen) atoms. The van der Waals surface area contributed by atoms with E-state index >= 15 is 0 Å². The second-order valence-electron chi connectivity index (χ2n) is 4.41. The summed E-state index contributed by atoms with van der Waals surface area (Å²) in [6, 6.07) is 11.5. The fourth-order valence-electron chi connectivity index (χ4n) is 2.03. The van der Waals surface area contributed by atoms with Crippen LogP contribution in [-0.4, -0.2) is 30.8 Å². The Labute approximate surface area is 119 Å². The topological polar surface area (TPSA) is 62.3 Å². The van der Waals surface area contributed by atoms with Crippen LogP contribution >= 0.6 is 0 Å². The normalized spacial score (nSPS) is 12.2. The van der Waals surface area contributed by atoms with Crippen LogP contribution in [0.15, 0.2) is 36.4 Å². The van der Waals surface area contributed by atoms with Gasteiger partial charge in [0.15, 0.2) is 0 Å². The van der Waals surface area contributed by atoms with Gasteiger partial charge in [0.05, 0.1) is 17.8 Å². The average molecular weight is 293 g/mol. The number of pyridine rings is 1. The molecule has 0 fully saturated rings. The Morgan fingerprint density at radius 1 is 1.10 bits per heavy atom. The maximum atomic E-state index is 12.0. The number of nitrogens with one attached hydrogen (secondary N) is 1. The van der Waals surface area contributed by atoms with E-state index in [2.05, 4.69) is 9.71 Å². The first-order chi connectivity index (χ1) is 9.56. The van der Waals surface area contributed by atoms with Gasteiger partial charge in [-0.15, -0.1) is 0 Å². The van der Waals surface area contributed by atoms with Crippen molar-refractivity contribution in [1.82, 2.24) is 14.0 Å². The van der Waals surface area contributed by atoms with Crippen LogP contribution in [-0.2, 0) is 16.8 Å². The molecule has 1 aromatic carbocycles. The Bertz CT molecular complexity index is 682. The van der Waals surface area contributed by atoms with E-state index in [1.54, 1.807) is 0 Å². The van der Waals surface area contributed by atoms with Crippen molar-refractivity contribution in [1.29, 1.82) is 0 Å². The van der Waals surface area contributed by atoms with E-state index in [4.69, 9.17) is 0 Å². The molecule has 0 atom stereocenters. The highest BCUT2D eigenvalue weighted by Gasteiger charge is 2.17. The van der Waals surface area contributed by atoms with Gasteiger partial charge in [-0.2, -0.15) is 17.4 Å². The summed E-state index contributed by atoms with van der Waals surface area (Å²) in [5.41, 5.74) is 1.58. The molecule has 0 radical (unpaired) electrons. The summed E-state index contributed by atoms with van der Waals surface area (Å²) in [6.45, 7) is 4.74. The van der Waals surface area contributed by atoms with Crippen LogP contribution in [0.5, 0.6) is 0 Å². The van der Waals surface area contributed by atoms with Gasteiger partial charge in [-0.25, -0.2) is 0 Å². The number of fused-ring (bicyclic) bond motifs is 1. The van der Waals surface area contributed by atoms with E-state index < -0.39 is 10.2 Å². The lowest BCUT2D eigenvalue weighted by molar-refractivity contribution is 0.434. The number of aromatic nitrogens is 1. The predicted molar refractivity (Wildman–Crippen MR) is 80.4 cm³/mol. The van der Waals surface area contributed by atoms with Crippen molar-refractivity contribution in [3.63, 3.8) is 0 Å². The molecule has 108 valence electrons. The van der Waals surface area contributed by atoms with Crippen LogP contribution in [0.2, 0.25) is 0 Å². The summed E-state index contributed by atoms with van der Waals surface area (Å²) < 4.78 is 28.0. The highest BCUT2D eigenvalue weighted by molar-refractivity contribution is 7.87. The molecule has 0 saturated carbocycles. The molecule has 5 nitrogen and oxygen atoms in total. The van der Waals surface area contributed by atoms with Gasteiger partial charge in [-0.05, 0) is 12.1 Å². The number of para-hydroxylation sites is 1. The second kappa shape index (κ2) is 6.30. The second-order valence-corrected chi connectivity index (χ2v) is 6.16. The molecule has 1 heterocycles. The molecule has 2 aromatic rings. The maximum absolute atomic E-state index is 12.0. The van der Waals surface area contributed by atoms with E-state index in [9.17, 15) is 8.42 Å². The third kappa shape index (κ3) is 3.33. The van der Waals surface area contributed by atoms with Crippen molar-refractivity contribution in [3.8, 4) is 0 Å². The number of benzene rings is 1.